The van der Waals surface area contributed by atoms with Gasteiger partial charge in [-0.05, 0) is 65.8 Å². The predicted molar refractivity (Wildman–Crippen MR) is 102 cm³/mol. The van der Waals surface area contributed by atoms with E-state index in [-0.39, 0.29) is 18.6 Å². The highest BCUT2D eigenvalue weighted by Gasteiger charge is 2.25. The summed E-state index contributed by atoms with van der Waals surface area (Å²) in [5.74, 6) is 1.22. The van der Waals surface area contributed by atoms with Crippen LogP contribution in [0.15, 0.2) is 27.8 Å². The molecule has 2 rings (SSSR count). The van der Waals surface area contributed by atoms with Gasteiger partial charge in [0.15, 0.2) is 5.96 Å². The molecule has 1 aliphatic heterocycles. The molecule has 1 atom stereocenters. The number of rotatable bonds is 7. The van der Waals surface area contributed by atoms with Gasteiger partial charge in [-0.3, -0.25) is 9.69 Å². The SMILES string of the molecule is CCNC(=NCC(=O)OC(C)(C)C)NCC(c1ccco1)N1CCCC1. The molecule has 0 bridgehead atoms. The van der Waals surface area contributed by atoms with Gasteiger partial charge in [-0.25, -0.2) is 4.99 Å². The van der Waals surface area contributed by atoms with Crippen molar-refractivity contribution in [2.75, 3.05) is 32.7 Å². The number of aliphatic imine (C=N–C) groups is 1. The Labute approximate surface area is 156 Å². The minimum Gasteiger partial charge on any atom is -0.468 e. The molecule has 1 aliphatic rings. The van der Waals surface area contributed by atoms with Gasteiger partial charge in [-0.1, -0.05) is 0 Å². The van der Waals surface area contributed by atoms with Crippen LogP contribution >= 0.6 is 0 Å². The van der Waals surface area contributed by atoms with Crippen LogP contribution in [0.1, 0.15) is 52.3 Å². The summed E-state index contributed by atoms with van der Waals surface area (Å²) in [6, 6.07) is 4.08. The van der Waals surface area contributed by atoms with Gasteiger partial charge >= 0.3 is 5.97 Å². The van der Waals surface area contributed by atoms with Gasteiger partial charge in [-0.2, -0.15) is 0 Å². The Morgan fingerprint density at radius 2 is 2.08 bits per heavy atom. The van der Waals surface area contributed by atoms with Gasteiger partial charge in [0.25, 0.3) is 0 Å². The van der Waals surface area contributed by atoms with E-state index >= 15 is 0 Å². The van der Waals surface area contributed by atoms with Gasteiger partial charge in [0, 0.05) is 13.1 Å². The molecule has 146 valence electrons. The molecule has 0 saturated carbocycles. The monoisotopic (exact) mass is 364 g/mol. The zero-order valence-corrected chi connectivity index (χ0v) is 16.4. The van der Waals surface area contributed by atoms with Crippen molar-refractivity contribution in [3.8, 4) is 0 Å². The summed E-state index contributed by atoms with van der Waals surface area (Å²) in [6.45, 7) is 11.0. The van der Waals surface area contributed by atoms with Crippen LogP contribution in [0.5, 0.6) is 0 Å². The quantitative estimate of drug-likeness (QED) is 0.439. The molecule has 0 spiro atoms. The van der Waals surface area contributed by atoms with Crippen molar-refractivity contribution in [2.45, 2.75) is 52.2 Å². The zero-order valence-electron chi connectivity index (χ0n) is 16.4. The van der Waals surface area contributed by atoms with Crippen LogP contribution in [0.4, 0.5) is 0 Å². The maximum Gasteiger partial charge on any atom is 0.328 e. The summed E-state index contributed by atoms with van der Waals surface area (Å²) < 4.78 is 10.9. The highest BCUT2D eigenvalue weighted by molar-refractivity contribution is 5.83. The minimum absolute atomic E-state index is 0.0122. The van der Waals surface area contributed by atoms with Crippen molar-refractivity contribution >= 4 is 11.9 Å². The van der Waals surface area contributed by atoms with Crippen LogP contribution in [0, 0.1) is 0 Å². The number of hydrogen-bond acceptors (Lipinski definition) is 5. The van der Waals surface area contributed by atoms with Crippen molar-refractivity contribution in [2.24, 2.45) is 4.99 Å². The Morgan fingerprint density at radius 3 is 2.65 bits per heavy atom. The Bertz CT molecular complexity index is 572. The van der Waals surface area contributed by atoms with Crippen molar-refractivity contribution in [1.29, 1.82) is 0 Å². The van der Waals surface area contributed by atoms with Crippen LogP contribution in [-0.4, -0.2) is 55.2 Å². The Hall–Kier alpha value is -2.02. The molecule has 0 aromatic carbocycles. The van der Waals surface area contributed by atoms with Crippen LogP contribution in [0.3, 0.4) is 0 Å². The molecule has 1 aromatic heterocycles. The number of carbonyl (C=O) groups excluding carboxylic acids is 1. The molecule has 0 aliphatic carbocycles. The summed E-state index contributed by atoms with van der Waals surface area (Å²) in [5, 5.41) is 6.51. The molecule has 0 amide bonds. The lowest BCUT2D eigenvalue weighted by Crippen LogP contribution is -2.43. The maximum atomic E-state index is 11.9. The number of ether oxygens (including phenoxy) is 1. The van der Waals surface area contributed by atoms with E-state index in [9.17, 15) is 4.79 Å². The third-order valence-electron chi connectivity index (χ3n) is 4.05. The summed E-state index contributed by atoms with van der Waals surface area (Å²) in [6.07, 6.45) is 4.13. The van der Waals surface area contributed by atoms with Gasteiger partial charge in [0.05, 0.1) is 12.3 Å². The minimum atomic E-state index is -0.501. The smallest absolute Gasteiger partial charge is 0.328 e. The third kappa shape index (κ3) is 6.71. The first-order chi connectivity index (χ1) is 12.4. The van der Waals surface area contributed by atoms with Crippen molar-refractivity contribution < 1.29 is 13.9 Å². The molecule has 26 heavy (non-hydrogen) atoms. The van der Waals surface area contributed by atoms with Crippen LogP contribution in [0.25, 0.3) is 0 Å². The number of carbonyl (C=O) groups is 1. The number of likely N-dealkylation sites (tertiary alicyclic amines) is 1. The van der Waals surface area contributed by atoms with E-state index in [0.717, 1.165) is 25.4 Å². The second kappa shape index (κ2) is 9.62. The number of furan rings is 1. The van der Waals surface area contributed by atoms with Gasteiger partial charge in [0.2, 0.25) is 0 Å². The standard InChI is InChI=1S/C19H32N4O3/c1-5-20-18(22-14-17(24)26-19(2,3)4)21-13-15(16-9-8-12-25-16)23-10-6-7-11-23/h8-9,12,15H,5-7,10-11,13-14H2,1-4H3,(H2,20,21,22). The third-order valence-corrected chi connectivity index (χ3v) is 4.05. The molecule has 2 heterocycles. The fraction of sp³-hybridized carbons (Fsp3) is 0.684. The number of nitrogens with one attached hydrogen (secondary N) is 2. The normalized spacial score (nSPS) is 17.2. The van der Waals surface area contributed by atoms with Crippen LogP contribution < -0.4 is 10.6 Å². The lowest BCUT2D eigenvalue weighted by molar-refractivity contribution is -0.152. The molecule has 2 N–H and O–H groups in total. The summed E-state index contributed by atoms with van der Waals surface area (Å²) >= 11 is 0. The zero-order chi connectivity index (χ0) is 19.0. The number of guanidine groups is 1. The molecule has 7 nitrogen and oxygen atoms in total. The lowest BCUT2D eigenvalue weighted by Gasteiger charge is -2.26. The summed E-state index contributed by atoms with van der Waals surface area (Å²) in [7, 11) is 0. The maximum absolute atomic E-state index is 11.9. The fourth-order valence-electron chi connectivity index (χ4n) is 3.00. The topological polar surface area (TPSA) is 79.1 Å². The van der Waals surface area contributed by atoms with E-state index in [1.807, 2.05) is 39.8 Å². The highest BCUT2D eigenvalue weighted by Crippen LogP contribution is 2.24. The van der Waals surface area contributed by atoms with Crippen molar-refractivity contribution in [3.05, 3.63) is 24.2 Å². The molecule has 1 fully saturated rings. The number of esters is 1. The van der Waals surface area contributed by atoms with E-state index in [2.05, 4.69) is 20.5 Å². The fourth-order valence-corrected chi connectivity index (χ4v) is 3.00. The predicted octanol–water partition coefficient (Wildman–Crippen LogP) is 2.31. The van der Waals surface area contributed by atoms with Crippen LogP contribution in [0.2, 0.25) is 0 Å². The molecule has 1 saturated heterocycles. The Morgan fingerprint density at radius 1 is 1.35 bits per heavy atom. The Balaban J connectivity index is 1.96. The first-order valence-electron chi connectivity index (χ1n) is 9.40. The van der Waals surface area contributed by atoms with Gasteiger partial charge in [0.1, 0.15) is 17.9 Å². The number of nitrogens with zero attached hydrogens (tertiary/aromatic N) is 2. The highest BCUT2D eigenvalue weighted by atomic mass is 16.6. The first kappa shape index (κ1) is 20.3. The van der Waals surface area contributed by atoms with Gasteiger partial charge < -0.3 is 19.8 Å². The summed E-state index contributed by atoms with van der Waals surface area (Å²) in [4.78, 5) is 18.7. The summed E-state index contributed by atoms with van der Waals surface area (Å²) in [5.41, 5.74) is -0.501. The van der Waals surface area contributed by atoms with E-state index in [1.165, 1.54) is 12.8 Å². The van der Waals surface area contributed by atoms with Gasteiger partial charge in [-0.15, -0.1) is 0 Å². The first-order valence-corrected chi connectivity index (χ1v) is 9.40. The average molecular weight is 364 g/mol. The molecular weight excluding hydrogens is 332 g/mol. The second-order valence-electron chi connectivity index (χ2n) is 7.44. The number of hydrogen-bond donors (Lipinski definition) is 2. The molecular formula is C19H32N4O3. The molecule has 1 unspecified atom stereocenters. The average Bonchev–Trinajstić information content (AvgIpc) is 3.25. The van der Waals surface area contributed by atoms with E-state index in [1.54, 1.807) is 6.26 Å². The molecule has 0 radical (unpaired) electrons. The molecule has 1 aromatic rings. The lowest BCUT2D eigenvalue weighted by atomic mass is 10.2. The van der Waals surface area contributed by atoms with Crippen LogP contribution in [-0.2, 0) is 9.53 Å². The largest absolute Gasteiger partial charge is 0.468 e. The molecule has 7 heteroatoms. The van der Waals surface area contributed by atoms with Crippen molar-refractivity contribution in [3.63, 3.8) is 0 Å². The second-order valence-corrected chi connectivity index (χ2v) is 7.44. The van der Waals surface area contributed by atoms with Crippen molar-refractivity contribution in [1.82, 2.24) is 15.5 Å². The Kier molecular flexibility index (Phi) is 7.50. The van der Waals surface area contributed by atoms with E-state index < -0.39 is 5.60 Å². The van der Waals surface area contributed by atoms with E-state index in [4.69, 9.17) is 9.15 Å². The van der Waals surface area contributed by atoms with E-state index in [0.29, 0.717) is 12.5 Å².